The molecule has 8 heteroatoms. The van der Waals surface area contributed by atoms with Crippen LogP contribution in [0.15, 0.2) is 24.5 Å². The molecule has 102 valence electrons. The molecule has 8 nitrogen and oxygen atoms in total. The van der Waals surface area contributed by atoms with Gasteiger partial charge in [-0.05, 0) is 19.1 Å². The summed E-state index contributed by atoms with van der Waals surface area (Å²) in [4.78, 5) is 11.1. The van der Waals surface area contributed by atoms with Crippen LogP contribution in [-0.4, -0.2) is 40.8 Å². The molecule has 0 aliphatic rings. The third-order valence-corrected chi connectivity index (χ3v) is 3.10. The van der Waals surface area contributed by atoms with Crippen LogP contribution in [0.25, 0.3) is 11.0 Å². The first-order valence-electron chi connectivity index (χ1n) is 6.13. The van der Waals surface area contributed by atoms with Crippen LogP contribution in [0.4, 0.5) is 0 Å². The van der Waals surface area contributed by atoms with E-state index in [-0.39, 0.29) is 5.56 Å². The highest BCUT2D eigenvalue weighted by atomic mass is 16.4. The van der Waals surface area contributed by atoms with E-state index in [2.05, 4.69) is 20.5 Å². The number of fused-ring (bicyclic) bond motifs is 1. The van der Waals surface area contributed by atoms with Gasteiger partial charge in [0.25, 0.3) is 0 Å². The molecule has 0 atom stereocenters. The van der Waals surface area contributed by atoms with Crippen LogP contribution in [0, 0.1) is 0 Å². The topological polar surface area (TPSA) is 98.7 Å². The highest BCUT2D eigenvalue weighted by Crippen LogP contribution is 2.16. The fraction of sp³-hybridized carbons (Fsp3) is 0.250. The third-order valence-electron chi connectivity index (χ3n) is 3.10. The maximum atomic E-state index is 11.1. The van der Waals surface area contributed by atoms with Gasteiger partial charge in [0.15, 0.2) is 5.82 Å². The minimum Gasteiger partial charge on any atom is -0.478 e. The summed E-state index contributed by atoms with van der Waals surface area (Å²) >= 11 is 0. The number of aryl methyl sites for hydroxylation is 1. The van der Waals surface area contributed by atoms with E-state index in [1.54, 1.807) is 23.1 Å². The Morgan fingerprint density at radius 3 is 2.95 bits per heavy atom. The van der Waals surface area contributed by atoms with Gasteiger partial charge in [-0.25, -0.2) is 9.48 Å². The molecule has 20 heavy (non-hydrogen) atoms. The summed E-state index contributed by atoms with van der Waals surface area (Å²) in [5.41, 5.74) is 1.18. The van der Waals surface area contributed by atoms with E-state index in [4.69, 9.17) is 5.11 Å². The smallest absolute Gasteiger partial charge is 0.338 e. The maximum Gasteiger partial charge on any atom is 0.338 e. The van der Waals surface area contributed by atoms with Gasteiger partial charge in [-0.1, -0.05) is 11.3 Å². The first-order chi connectivity index (χ1) is 9.70. The number of hydrogen-bond acceptors (Lipinski definition) is 5. The summed E-state index contributed by atoms with van der Waals surface area (Å²) in [7, 11) is 0. The van der Waals surface area contributed by atoms with Crippen molar-refractivity contribution in [3.05, 3.63) is 35.9 Å². The van der Waals surface area contributed by atoms with Crippen molar-refractivity contribution in [3.8, 4) is 0 Å². The highest BCUT2D eigenvalue weighted by Gasteiger charge is 2.15. The van der Waals surface area contributed by atoms with Crippen molar-refractivity contribution in [1.82, 2.24) is 29.8 Å². The van der Waals surface area contributed by atoms with Gasteiger partial charge in [-0.15, -0.1) is 15.3 Å². The zero-order chi connectivity index (χ0) is 14.1. The maximum absolute atomic E-state index is 11.1. The molecule has 1 aromatic carbocycles. The summed E-state index contributed by atoms with van der Waals surface area (Å²) in [6.07, 6.45) is 1.65. The number of benzene rings is 1. The van der Waals surface area contributed by atoms with Crippen molar-refractivity contribution >= 4 is 17.0 Å². The number of aromatic nitrogens is 6. The lowest BCUT2D eigenvalue weighted by atomic mass is 10.2. The fourth-order valence-electron chi connectivity index (χ4n) is 2.08. The summed E-state index contributed by atoms with van der Waals surface area (Å²) < 4.78 is 3.52. The summed E-state index contributed by atoms with van der Waals surface area (Å²) in [6, 6.07) is 4.98. The van der Waals surface area contributed by atoms with Crippen LogP contribution in [-0.2, 0) is 13.1 Å². The Bertz CT molecular complexity index is 775. The average molecular weight is 272 g/mol. The van der Waals surface area contributed by atoms with Gasteiger partial charge >= 0.3 is 5.97 Å². The number of hydrogen-bond donors (Lipinski definition) is 1. The minimum atomic E-state index is -1.01. The molecular formula is C12H12N6O2. The second kappa shape index (κ2) is 4.72. The number of nitrogens with zero attached hydrogens (tertiary/aromatic N) is 6. The minimum absolute atomic E-state index is 0.144. The summed E-state index contributed by atoms with van der Waals surface area (Å²) in [6.45, 7) is 3.15. The van der Waals surface area contributed by atoms with Gasteiger partial charge in [0, 0.05) is 6.54 Å². The molecule has 0 saturated heterocycles. The van der Waals surface area contributed by atoms with Crippen LogP contribution < -0.4 is 0 Å². The lowest BCUT2D eigenvalue weighted by Crippen LogP contribution is -2.09. The molecule has 2 heterocycles. The number of carboxylic acid groups (broad SMARTS) is 1. The second-order valence-electron chi connectivity index (χ2n) is 4.26. The predicted molar refractivity (Wildman–Crippen MR) is 69.3 cm³/mol. The molecule has 2 aromatic heterocycles. The van der Waals surface area contributed by atoms with Crippen molar-refractivity contribution in [1.29, 1.82) is 0 Å². The molecule has 0 aliphatic carbocycles. The van der Waals surface area contributed by atoms with E-state index in [0.717, 1.165) is 12.4 Å². The van der Waals surface area contributed by atoms with E-state index >= 15 is 0 Å². The van der Waals surface area contributed by atoms with Gasteiger partial charge in [-0.2, -0.15) is 0 Å². The van der Waals surface area contributed by atoms with Gasteiger partial charge in [-0.3, -0.25) is 0 Å². The normalized spacial score (nSPS) is 11.1. The standard InChI is InChI=1S/C12H12N6O2/c1-2-17-7-13-14-10(17)6-18-9-5-3-4-8(12(19)20)11(9)15-16-18/h3-5,7H,2,6H2,1H3,(H,19,20). The van der Waals surface area contributed by atoms with Crippen LogP contribution in [0.1, 0.15) is 23.1 Å². The third kappa shape index (κ3) is 1.91. The Kier molecular flexibility index (Phi) is 2.90. The molecule has 1 N–H and O–H groups in total. The van der Waals surface area contributed by atoms with E-state index in [0.29, 0.717) is 17.6 Å². The Morgan fingerprint density at radius 2 is 2.20 bits per heavy atom. The molecular weight excluding hydrogens is 260 g/mol. The summed E-state index contributed by atoms with van der Waals surface area (Å²) in [5.74, 6) is -0.264. The van der Waals surface area contributed by atoms with E-state index < -0.39 is 5.97 Å². The van der Waals surface area contributed by atoms with E-state index in [1.807, 2.05) is 11.5 Å². The Balaban J connectivity index is 2.05. The molecule has 0 amide bonds. The van der Waals surface area contributed by atoms with Crippen molar-refractivity contribution in [2.24, 2.45) is 0 Å². The largest absolute Gasteiger partial charge is 0.478 e. The number of aromatic carboxylic acids is 1. The van der Waals surface area contributed by atoms with Gasteiger partial charge < -0.3 is 9.67 Å². The quantitative estimate of drug-likeness (QED) is 0.753. The fourth-order valence-corrected chi connectivity index (χ4v) is 2.08. The van der Waals surface area contributed by atoms with Gasteiger partial charge in [0.05, 0.1) is 11.1 Å². The van der Waals surface area contributed by atoms with E-state index in [1.165, 1.54) is 6.07 Å². The number of rotatable bonds is 4. The molecule has 0 aliphatic heterocycles. The lowest BCUT2D eigenvalue weighted by Gasteiger charge is -2.04. The van der Waals surface area contributed by atoms with Gasteiger partial charge in [0.1, 0.15) is 18.4 Å². The Labute approximate surface area is 113 Å². The Morgan fingerprint density at radius 1 is 1.35 bits per heavy atom. The van der Waals surface area contributed by atoms with Crippen LogP contribution >= 0.6 is 0 Å². The predicted octanol–water partition coefficient (Wildman–Crippen LogP) is 0.789. The average Bonchev–Trinajstić information content (AvgIpc) is 3.06. The van der Waals surface area contributed by atoms with Crippen molar-refractivity contribution in [2.75, 3.05) is 0 Å². The molecule has 3 rings (SSSR count). The number of carboxylic acids is 1. The van der Waals surface area contributed by atoms with Crippen LogP contribution in [0.2, 0.25) is 0 Å². The number of carbonyl (C=O) groups is 1. The van der Waals surface area contributed by atoms with E-state index in [9.17, 15) is 4.79 Å². The first kappa shape index (κ1) is 12.3. The zero-order valence-electron chi connectivity index (χ0n) is 10.8. The molecule has 0 bridgehead atoms. The molecule has 0 spiro atoms. The summed E-state index contributed by atoms with van der Waals surface area (Å²) in [5, 5.41) is 25.0. The first-order valence-corrected chi connectivity index (χ1v) is 6.13. The molecule has 3 aromatic rings. The SMILES string of the molecule is CCn1cnnc1Cn1nnc2c(C(=O)O)cccc21. The molecule has 0 unspecified atom stereocenters. The molecule has 0 saturated carbocycles. The lowest BCUT2D eigenvalue weighted by molar-refractivity contribution is 0.0699. The van der Waals surface area contributed by atoms with Crippen LogP contribution in [0.5, 0.6) is 0 Å². The van der Waals surface area contributed by atoms with Crippen molar-refractivity contribution in [2.45, 2.75) is 20.0 Å². The van der Waals surface area contributed by atoms with Crippen LogP contribution in [0.3, 0.4) is 0 Å². The van der Waals surface area contributed by atoms with Gasteiger partial charge in [0.2, 0.25) is 0 Å². The van der Waals surface area contributed by atoms with Crippen molar-refractivity contribution < 1.29 is 9.90 Å². The second-order valence-corrected chi connectivity index (χ2v) is 4.26. The monoisotopic (exact) mass is 272 g/mol. The zero-order valence-corrected chi connectivity index (χ0v) is 10.8. The molecule has 0 fully saturated rings. The van der Waals surface area contributed by atoms with Crippen molar-refractivity contribution in [3.63, 3.8) is 0 Å². The highest BCUT2D eigenvalue weighted by molar-refractivity contribution is 6.00. The molecule has 0 radical (unpaired) electrons. The Hall–Kier alpha value is -2.77.